The van der Waals surface area contributed by atoms with Gasteiger partial charge < -0.3 is 9.84 Å². The molecule has 2 nitrogen and oxygen atoms in total. The summed E-state index contributed by atoms with van der Waals surface area (Å²) in [6.07, 6.45) is 11.5. The Bertz CT molecular complexity index is 504. The summed E-state index contributed by atoms with van der Waals surface area (Å²) >= 11 is 0. The first kappa shape index (κ1) is 13.5. The summed E-state index contributed by atoms with van der Waals surface area (Å²) in [7, 11) is 0. The van der Waals surface area contributed by atoms with Crippen LogP contribution >= 0.6 is 0 Å². The molecule has 1 heterocycles. The summed E-state index contributed by atoms with van der Waals surface area (Å²) in [4.78, 5) is 0. The summed E-state index contributed by atoms with van der Waals surface area (Å²) < 4.78 is 5.93. The van der Waals surface area contributed by atoms with Gasteiger partial charge in [0.25, 0.3) is 0 Å². The van der Waals surface area contributed by atoms with Gasteiger partial charge in [-0.2, -0.15) is 0 Å². The monoisotopic (exact) mass is 272 g/mol. The van der Waals surface area contributed by atoms with E-state index >= 15 is 0 Å². The van der Waals surface area contributed by atoms with Crippen molar-refractivity contribution in [2.45, 2.75) is 51.4 Å². The van der Waals surface area contributed by atoms with Crippen molar-refractivity contribution in [3.63, 3.8) is 0 Å². The summed E-state index contributed by atoms with van der Waals surface area (Å²) in [6, 6.07) is 4.09. The zero-order valence-electron chi connectivity index (χ0n) is 12.3. The second-order valence-electron chi connectivity index (χ2n) is 6.09. The lowest BCUT2D eigenvalue weighted by Crippen LogP contribution is -2.26. The quantitative estimate of drug-likeness (QED) is 0.643. The molecule has 3 rings (SSSR count). The molecule has 1 aromatic carbocycles. The van der Waals surface area contributed by atoms with Gasteiger partial charge in [0.2, 0.25) is 0 Å². The Morgan fingerprint density at radius 1 is 1.30 bits per heavy atom. The number of phenols is 1. The van der Waals surface area contributed by atoms with Gasteiger partial charge in [-0.05, 0) is 43.4 Å². The highest BCUT2D eigenvalue weighted by Crippen LogP contribution is 2.46. The van der Waals surface area contributed by atoms with Gasteiger partial charge in [-0.25, -0.2) is 0 Å². The van der Waals surface area contributed by atoms with Crippen molar-refractivity contribution in [2.75, 3.05) is 6.61 Å². The van der Waals surface area contributed by atoms with Gasteiger partial charge in [-0.3, -0.25) is 0 Å². The first-order valence-corrected chi connectivity index (χ1v) is 7.95. The largest absolute Gasteiger partial charge is 0.507 e. The minimum atomic E-state index is 0.345. The molecule has 0 saturated heterocycles. The molecule has 0 fully saturated rings. The molecule has 0 bridgehead atoms. The molecule has 0 amide bonds. The Labute approximate surface area is 121 Å². The van der Waals surface area contributed by atoms with E-state index in [9.17, 15) is 5.11 Å². The number of ether oxygens (including phenoxy) is 1. The Hall–Kier alpha value is -1.44. The average molecular weight is 272 g/mol. The van der Waals surface area contributed by atoms with E-state index in [1.165, 1.54) is 24.8 Å². The fraction of sp³-hybridized carbons (Fsp3) is 0.556. The van der Waals surface area contributed by atoms with E-state index < -0.39 is 0 Å². The van der Waals surface area contributed by atoms with Crippen LogP contribution in [0.4, 0.5) is 0 Å². The molecule has 20 heavy (non-hydrogen) atoms. The third kappa shape index (κ3) is 2.56. The topological polar surface area (TPSA) is 29.5 Å². The molecule has 2 atom stereocenters. The molecule has 0 spiro atoms. The van der Waals surface area contributed by atoms with Crippen LogP contribution in [0, 0.1) is 5.92 Å². The van der Waals surface area contributed by atoms with Crippen molar-refractivity contribution in [1.29, 1.82) is 0 Å². The van der Waals surface area contributed by atoms with E-state index in [1.807, 2.05) is 6.07 Å². The maximum absolute atomic E-state index is 10.4. The Balaban J connectivity index is 1.87. The molecule has 2 heteroatoms. The van der Waals surface area contributed by atoms with Crippen molar-refractivity contribution in [3.05, 3.63) is 35.4 Å². The highest BCUT2D eigenvalue weighted by atomic mass is 16.5. The molecule has 2 aliphatic rings. The highest BCUT2D eigenvalue weighted by molar-refractivity contribution is 5.52. The van der Waals surface area contributed by atoms with E-state index in [0.717, 1.165) is 37.2 Å². The number of benzene rings is 1. The maximum Gasteiger partial charge on any atom is 0.127 e. The normalized spacial score (nSPS) is 23.9. The third-order valence-corrected chi connectivity index (χ3v) is 4.59. The minimum absolute atomic E-state index is 0.345. The lowest BCUT2D eigenvalue weighted by Gasteiger charge is -2.34. The second kappa shape index (κ2) is 5.90. The smallest absolute Gasteiger partial charge is 0.127 e. The van der Waals surface area contributed by atoms with Gasteiger partial charge in [-0.15, -0.1) is 0 Å². The van der Waals surface area contributed by atoms with E-state index in [2.05, 4.69) is 25.1 Å². The summed E-state index contributed by atoms with van der Waals surface area (Å²) in [6.45, 7) is 3.00. The van der Waals surface area contributed by atoms with Crippen LogP contribution < -0.4 is 4.74 Å². The molecule has 2 unspecified atom stereocenters. The Morgan fingerprint density at radius 2 is 2.20 bits per heavy atom. The number of aromatic hydroxyl groups is 1. The fourth-order valence-electron chi connectivity index (χ4n) is 3.45. The van der Waals surface area contributed by atoms with Crippen LogP contribution in [-0.4, -0.2) is 11.7 Å². The number of fused-ring (bicyclic) bond motifs is 3. The van der Waals surface area contributed by atoms with Crippen LogP contribution in [0.25, 0.3) is 0 Å². The molecule has 1 aliphatic carbocycles. The molecule has 1 N–H and O–H groups in total. The summed E-state index contributed by atoms with van der Waals surface area (Å²) in [5, 5.41) is 10.4. The molecular formula is C18H24O2. The molecule has 108 valence electrons. The summed E-state index contributed by atoms with van der Waals surface area (Å²) in [5.41, 5.74) is 2.21. The highest BCUT2D eigenvalue weighted by Gasteiger charge is 2.32. The number of phenolic OH excluding ortho intramolecular Hbond substituents is 1. The maximum atomic E-state index is 10.4. The standard InChI is InChI=1S/C18H24O2/c1-2-3-4-7-13-10-16(19)18-15-9-6-5-8-14(15)12-20-17(18)11-13/h6,9-11,14-15,19H,2-5,7-8,12H2,1H3. The summed E-state index contributed by atoms with van der Waals surface area (Å²) in [5.74, 6) is 2.21. The van der Waals surface area contributed by atoms with E-state index in [-0.39, 0.29) is 0 Å². The fourth-order valence-corrected chi connectivity index (χ4v) is 3.45. The van der Waals surface area contributed by atoms with Crippen molar-refractivity contribution in [1.82, 2.24) is 0 Å². The van der Waals surface area contributed by atoms with Crippen LogP contribution in [0.3, 0.4) is 0 Å². The Kier molecular flexibility index (Phi) is 4.00. The lowest BCUT2D eigenvalue weighted by atomic mass is 9.77. The number of hydrogen-bond acceptors (Lipinski definition) is 2. The van der Waals surface area contributed by atoms with E-state index in [1.54, 1.807) is 0 Å². The van der Waals surface area contributed by atoms with Crippen LogP contribution in [0.5, 0.6) is 11.5 Å². The van der Waals surface area contributed by atoms with E-state index in [0.29, 0.717) is 17.6 Å². The number of unbranched alkanes of at least 4 members (excludes halogenated alkanes) is 2. The van der Waals surface area contributed by atoms with Gasteiger partial charge in [0, 0.05) is 17.4 Å². The predicted octanol–water partition coefficient (Wildman–Crippen LogP) is 4.57. The van der Waals surface area contributed by atoms with E-state index in [4.69, 9.17) is 4.74 Å². The zero-order valence-corrected chi connectivity index (χ0v) is 12.3. The SMILES string of the molecule is CCCCCc1cc(O)c2c(c1)OCC1CCC=CC21. The lowest BCUT2D eigenvalue weighted by molar-refractivity contribution is 0.193. The predicted molar refractivity (Wildman–Crippen MR) is 81.4 cm³/mol. The van der Waals surface area contributed by atoms with Crippen molar-refractivity contribution in [2.24, 2.45) is 5.92 Å². The van der Waals surface area contributed by atoms with Crippen LogP contribution in [0.2, 0.25) is 0 Å². The minimum Gasteiger partial charge on any atom is -0.507 e. The van der Waals surface area contributed by atoms with Gasteiger partial charge in [0.05, 0.1) is 6.61 Å². The van der Waals surface area contributed by atoms with Gasteiger partial charge >= 0.3 is 0 Å². The van der Waals surface area contributed by atoms with Gasteiger partial charge in [0.15, 0.2) is 0 Å². The number of aryl methyl sites for hydroxylation is 1. The first-order chi connectivity index (χ1) is 9.79. The zero-order chi connectivity index (χ0) is 13.9. The molecule has 0 saturated carbocycles. The van der Waals surface area contributed by atoms with Crippen LogP contribution in [0.15, 0.2) is 24.3 Å². The molecule has 0 aromatic heterocycles. The van der Waals surface area contributed by atoms with Crippen molar-refractivity contribution in [3.8, 4) is 11.5 Å². The van der Waals surface area contributed by atoms with Crippen molar-refractivity contribution < 1.29 is 9.84 Å². The first-order valence-electron chi connectivity index (χ1n) is 7.95. The number of hydrogen-bond donors (Lipinski definition) is 1. The van der Waals surface area contributed by atoms with Crippen LogP contribution in [0.1, 0.15) is 56.1 Å². The molecule has 0 radical (unpaired) electrons. The molecular weight excluding hydrogens is 248 g/mol. The van der Waals surface area contributed by atoms with Gasteiger partial charge in [-0.1, -0.05) is 31.9 Å². The van der Waals surface area contributed by atoms with Crippen LogP contribution in [-0.2, 0) is 6.42 Å². The molecule has 1 aromatic rings. The average Bonchev–Trinajstić information content (AvgIpc) is 2.47. The number of allylic oxidation sites excluding steroid dienone is 2. The number of rotatable bonds is 4. The third-order valence-electron chi connectivity index (χ3n) is 4.59. The van der Waals surface area contributed by atoms with Gasteiger partial charge in [0.1, 0.15) is 11.5 Å². The second-order valence-corrected chi connectivity index (χ2v) is 6.09. The Morgan fingerprint density at radius 3 is 3.05 bits per heavy atom. The molecule has 1 aliphatic heterocycles. The van der Waals surface area contributed by atoms with Crippen molar-refractivity contribution >= 4 is 0 Å².